The van der Waals surface area contributed by atoms with Gasteiger partial charge in [0.2, 0.25) is 11.8 Å². The number of rotatable bonds is 9. The van der Waals surface area contributed by atoms with Crippen molar-refractivity contribution in [3.63, 3.8) is 0 Å². The monoisotopic (exact) mass is 497 g/mol. The first-order valence-electron chi connectivity index (χ1n) is 11.5. The van der Waals surface area contributed by atoms with Gasteiger partial charge in [0.25, 0.3) is 5.91 Å². The van der Waals surface area contributed by atoms with E-state index in [-0.39, 0.29) is 23.1 Å². The summed E-state index contributed by atoms with van der Waals surface area (Å²) in [5.41, 5.74) is 2.76. The number of fused-ring (bicyclic) bond motifs is 3. The van der Waals surface area contributed by atoms with Gasteiger partial charge in [0.15, 0.2) is 0 Å². The molecule has 0 aliphatic carbocycles. The van der Waals surface area contributed by atoms with E-state index < -0.39 is 16.8 Å². The van der Waals surface area contributed by atoms with Crippen LogP contribution in [0.3, 0.4) is 0 Å². The number of amides is 3. The van der Waals surface area contributed by atoms with Crippen LogP contribution in [0.2, 0.25) is 0 Å². The fraction of sp³-hybridized carbons (Fsp3) is 0.423. The Morgan fingerprint density at radius 2 is 1.82 bits per heavy atom. The zero-order valence-electron chi connectivity index (χ0n) is 19.7. The highest BCUT2D eigenvalue weighted by molar-refractivity contribution is 8.01. The van der Waals surface area contributed by atoms with Crippen LogP contribution < -0.4 is 10.6 Å². The summed E-state index contributed by atoms with van der Waals surface area (Å²) in [6, 6.07) is 16.2. The molecular formula is C26H31N3O3S2. The highest BCUT2D eigenvalue weighted by atomic mass is 32.2. The summed E-state index contributed by atoms with van der Waals surface area (Å²) in [4.78, 5) is 41.5. The first-order chi connectivity index (χ1) is 16.3. The van der Waals surface area contributed by atoms with E-state index in [0.717, 1.165) is 23.3 Å². The summed E-state index contributed by atoms with van der Waals surface area (Å²) in [6.07, 6.45) is 3.24. The third-order valence-electron chi connectivity index (χ3n) is 6.34. The lowest BCUT2D eigenvalue weighted by Crippen LogP contribution is -2.57. The van der Waals surface area contributed by atoms with Gasteiger partial charge in [0.1, 0.15) is 17.5 Å². The topological polar surface area (TPSA) is 78.5 Å². The maximum absolute atomic E-state index is 13.6. The summed E-state index contributed by atoms with van der Waals surface area (Å²) in [6.45, 7) is 4.49. The van der Waals surface area contributed by atoms with Crippen molar-refractivity contribution in [1.82, 2.24) is 15.5 Å². The Morgan fingerprint density at radius 1 is 1.12 bits per heavy atom. The molecule has 1 fully saturated rings. The van der Waals surface area contributed by atoms with Crippen molar-refractivity contribution in [3.8, 4) is 0 Å². The van der Waals surface area contributed by atoms with Crippen LogP contribution in [0.15, 0.2) is 54.6 Å². The molecule has 3 amide bonds. The molecule has 2 heterocycles. The molecule has 0 spiro atoms. The van der Waals surface area contributed by atoms with Gasteiger partial charge in [-0.1, -0.05) is 48.5 Å². The van der Waals surface area contributed by atoms with Gasteiger partial charge < -0.3 is 15.5 Å². The minimum atomic E-state index is -0.656. The lowest BCUT2D eigenvalue weighted by molar-refractivity contribution is -0.131. The van der Waals surface area contributed by atoms with Crippen LogP contribution in [0.25, 0.3) is 0 Å². The van der Waals surface area contributed by atoms with Crippen molar-refractivity contribution in [2.75, 3.05) is 18.6 Å². The highest BCUT2D eigenvalue weighted by Crippen LogP contribution is 2.56. The summed E-state index contributed by atoms with van der Waals surface area (Å²) in [7, 11) is 0. The zero-order chi connectivity index (χ0) is 24.3. The van der Waals surface area contributed by atoms with Gasteiger partial charge in [0.05, 0.1) is 0 Å². The second-order valence-electron chi connectivity index (χ2n) is 9.15. The second-order valence-corrected chi connectivity index (χ2v) is 11.9. The van der Waals surface area contributed by atoms with Gasteiger partial charge in [-0.15, -0.1) is 11.8 Å². The second kappa shape index (κ2) is 10.4. The maximum atomic E-state index is 13.6. The fourth-order valence-electron chi connectivity index (χ4n) is 4.66. The Labute approximate surface area is 209 Å². The van der Waals surface area contributed by atoms with Gasteiger partial charge in [-0.3, -0.25) is 14.4 Å². The number of carbonyl (C=O) groups is 3. The van der Waals surface area contributed by atoms with E-state index in [1.807, 2.05) is 74.7 Å². The number of carbonyl (C=O) groups excluding carboxylic acids is 3. The summed E-state index contributed by atoms with van der Waals surface area (Å²) >= 11 is 3.26. The summed E-state index contributed by atoms with van der Waals surface area (Å²) < 4.78 is -0.480. The average molecular weight is 498 g/mol. The van der Waals surface area contributed by atoms with Crippen LogP contribution in [-0.2, 0) is 16.0 Å². The number of thioether (sulfide) groups is 2. The first kappa shape index (κ1) is 24.7. The molecule has 2 aromatic carbocycles. The predicted molar refractivity (Wildman–Crippen MR) is 139 cm³/mol. The third kappa shape index (κ3) is 4.98. The smallest absolute Gasteiger partial charge is 0.256 e. The lowest BCUT2D eigenvalue weighted by Gasteiger charge is -2.31. The molecule has 2 aliphatic heterocycles. The van der Waals surface area contributed by atoms with Gasteiger partial charge >= 0.3 is 0 Å². The number of hydrogen-bond acceptors (Lipinski definition) is 5. The molecule has 34 heavy (non-hydrogen) atoms. The Hall–Kier alpha value is -2.45. The molecule has 2 aliphatic rings. The summed E-state index contributed by atoms with van der Waals surface area (Å²) in [5, 5.41) is 5.78. The molecule has 8 heteroatoms. The minimum Gasteiger partial charge on any atom is -0.354 e. The quantitative estimate of drug-likeness (QED) is 0.553. The number of nitrogens with one attached hydrogen (secondary N) is 2. The van der Waals surface area contributed by atoms with E-state index in [2.05, 4.69) is 10.6 Å². The van der Waals surface area contributed by atoms with Crippen LogP contribution in [0, 0.1) is 0 Å². The van der Waals surface area contributed by atoms with Crippen molar-refractivity contribution < 1.29 is 14.4 Å². The van der Waals surface area contributed by atoms with Gasteiger partial charge in [0, 0.05) is 16.9 Å². The van der Waals surface area contributed by atoms with Crippen molar-refractivity contribution >= 4 is 41.2 Å². The lowest BCUT2D eigenvalue weighted by atomic mass is 10.00. The van der Waals surface area contributed by atoms with Crippen molar-refractivity contribution in [2.24, 2.45) is 0 Å². The van der Waals surface area contributed by atoms with Crippen LogP contribution in [0.1, 0.15) is 47.1 Å². The molecule has 2 N–H and O–H groups in total. The first-order valence-corrected chi connectivity index (χ1v) is 13.8. The molecule has 1 saturated heterocycles. The molecule has 180 valence electrons. The van der Waals surface area contributed by atoms with Crippen molar-refractivity contribution in [2.45, 2.75) is 48.9 Å². The van der Waals surface area contributed by atoms with Crippen molar-refractivity contribution in [3.05, 3.63) is 71.3 Å². The van der Waals surface area contributed by atoms with Crippen LogP contribution >= 0.6 is 23.5 Å². The largest absolute Gasteiger partial charge is 0.354 e. The van der Waals surface area contributed by atoms with Gasteiger partial charge in [-0.05, 0) is 55.9 Å². The Kier molecular flexibility index (Phi) is 7.57. The molecule has 0 aromatic heterocycles. The van der Waals surface area contributed by atoms with E-state index >= 15 is 0 Å². The molecule has 3 atom stereocenters. The van der Waals surface area contributed by atoms with Crippen molar-refractivity contribution in [1.29, 1.82) is 0 Å². The summed E-state index contributed by atoms with van der Waals surface area (Å²) in [5.74, 6) is 0.169. The average Bonchev–Trinajstić information content (AvgIpc) is 3.26. The fourth-order valence-corrected chi connectivity index (χ4v) is 6.72. The van der Waals surface area contributed by atoms with Crippen LogP contribution in [-0.4, -0.2) is 58.0 Å². The van der Waals surface area contributed by atoms with E-state index in [0.29, 0.717) is 18.5 Å². The van der Waals surface area contributed by atoms with Crippen LogP contribution in [0.4, 0.5) is 0 Å². The standard InChI is InChI=1S/C26H31N3O3S2/c1-26(2)21(29-24(32)18-11-7-8-12-19(18)25(29)34-26)23(31)28-20(14-16-33-3)22(30)27-15-13-17-9-5-4-6-10-17/h4-12,20-21,25H,13-16H2,1-3H3,(H,27,30)(H,28,31). The molecule has 0 bridgehead atoms. The predicted octanol–water partition coefficient (Wildman–Crippen LogP) is 3.63. The molecule has 0 radical (unpaired) electrons. The number of hydrogen-bond donors (Lipinski definition) is 2. The van der Waals surface area contributed by atoms with Gasteiger partial charge in [-0.25, -0.2) is 0 Å². The van der Waals surface area contributed by atoms with Crippen LogP contribution in [0.5, 0.6) is 0 Å². The molecule has 0 saturated carbocycles. The van der Waals surface area contributed by atoms with E-state index in [9.17, 15) is 14.4 Å². The normalized spacial score (nSPS) is 21.0. The third-order valence-corrected chi connectivity index (χ3v) is 8.52. The molecule has 3 unspecified atom stereocenters. The van der Waals surface area contributed by atoms with Gasteiger partial charge in [-0.2, -0.15) is 11.8 Å². The maximum Gasteiger partial charge on any atom is 0.256 e. The molecular weight excluding hydrogens is 466 g/mol. The Bertz CT molecular complexity index is 1060. The van der Waals surface area contributed by atoms with E-state index in [1.54, 1.807) is 28.4 Å². The van der Waals surface area contributed by atoms with E-state index in [1.165, 1.54) is 0 Å². The molecule has 4 rings (SSSR count). The molecule has 6 nitrogen and oxygen atoms in total. The Morgan fingerprint density at radius 3 is 2.56 bits per heavy atom. The molecule has 2 aromatic rings. The Balaban J connectivity index is 1.45. The SMILES string of the molecule is CSCCC(NC(=O)C1N2C(=O)c3ccccc3C2SC1(C)C)C(=O)NCCc1ccccc1. The number of nitrogens with zero attached hydrogens (tertiary/aromatic N) is 1. The number of benzene rings is 2. The van der Waals surface area contributed by atoms with E-state index in [4.69, 9.17) is 0 Å². The zero-order valence-corrected chi connectivity index (χ0v) is 21.4. The minimum absolute atomic E-state index is 0.119. The highest BCUT2D eigenvalue weighted by Gasteiger charge is 2.57.